The molecule has 290 valence electrons. The smallest absolute Gasteiger partial charge is 0.319 e. The number of aliphatic carboxylic acids is 1. The molecular weight excluding hydrogens is 803 g/mol. The van der Waals surface area contributed by atoms with Gasteiger partial charge in [0.2, 0.25) is 11.4 Å². The summed E-state index contributed by atoms with van der Waals surface area (Å²) in [4.78, 5) is 29.4. The molecule has 1 aliphatic heterocycles. The lowest BCUT2D eigenvalue weighted by Gasteiger charge is -2.32. The van der Waals surface area contributed by atoms with E-state index in [-0.39, 0.29) is 38.8 Å². The summed E-state index contributed by atoms with van der Waals surface area (Å²) < 4.78 is 98.8. The van der Waals surface area contributed by atoms with Crippen LogP contribution in [0.1, 0.15) is 30.7 Å². The number of rotatable bonds is 16. The highest BCUT2D eigenvalue weighted by Crippen LogP contribution is 2.46. The molecule has 2 aromatic carbocycles. The Morgan fingerprint density at radius 1 is 0.852 bits per heavy atom. The summed E-state index contributed by atoms with van der Waals surface area (Å²) in [7, 11) is -12.8. The standard InChI is InChI=1S/C34H37N3O12S5/c38-32(35-15-20-54(47,48)49)34(33(39)40)22-24(11-13-30-36(16-5-18-52(41,42)43)26-7-1-3-9-28(26)50-30)21-25(23-34)12-14-31-37(17-6-19-53(44,45)46)27-8-2-4-10-29(27)51-31/h1-4,7-14,21H,5-6,15-20,22-23H2,(H4-,35,38,39,40,41,42,43,44,45,46,47,48,49)/p+1. The Morgan fingerprint density at radius 3 is 2.22 bits per heavy atom. The van der Waals surface area contributed by atoms with E-state index in [1.807, 2.05) is 58.0 Å². The number of hydrogen-bond donors (Lipinski definition) is 5. The molecule has 3 aromatic rings. The zero-order chi connectivity index (χ0) is 39.3. The van der Waals surface area contributed by atoms with Crippen molar-refractivity contribution in [2.45, 2.75) is 37.1 Å². The van der Waals surface area contributed by atoms with Gasteiger partial charge in [-0.25, -0.2) is 0 Å². The Balaban J connectivity index is 1.53. The molecule has 0 fully saturated rings. The predicted octanol–water partition coefficient (Wildman–Crippen LogP) is 3.93. The summed E-state index contributed by atoms with van der Waals surface area (Å²) in [5.74, 6) is -4.12. The van der Waals surface area contributed by atoms with Gasteiger partial charge in [-0.05, 0) is 54.7 Å². The average Bonchev–Trinajstić information content (AvgIpc) is 3.62. The first kappa shape index (κ1) is 41.3. The lowest BCUT2D eigenvalue weighted by atomic mass is 9.71. The molecule has 5 rings (SSSR count). The van der Waals surface area contributed by atoms with Crippen LogP contribution in [0.25, 0.3) is 16.3 Å². The van der Waals surface area contributed by atoms with Gasteiger partial charge in [-0.3, -0.25) is 23.2 Å². The SMILES string of the molecule is O=C(O)C1(C(=O)NCCS(=O)(=O)O)CC(/C=C/c2sc3ccccc3[n+]2CCCS(=O)(=O)O)=CC(=C/C=C2\Sc3ccccc3N2CCCS(=O)(=O)O)/C1. The number of benzene rings is 2. The van der Waals surface area contributed by atoms with Crippen LogP contribution in [0.3, 0.4) is 0 Å². The molecule has 1 atom stereocenters. The number of aryl methyl sites for hydroxylation is 1. The number of carboxylic acids is 1. The fourth-order valence-corrected chi connectivity index (χ4v) is 9.70. The summed E-state index contributed by atoms with van der Waals surface area (Å²) in [6, 6.07) is 14.9. The Hall–Kier alpha value is -3.89. The average molecular weight is 841 g/mol. The minimum Gasteiger partial charge on any atom is -0.480 e. The zero-order valence-corrected chi connectivity index (χ0v) is 32.6. The number of carbonyl (C=O) groups excluding carboxylic acids is 1. The molecule has 5 N–H and O–H groups in total. The van der Waals surface area contributed by atoms with E-state index < -0.39 is 71.4 Å². The molecule has 1 aliphatic carbocycles. The molecule has 0 saturated heterocycles. The second-order valence-corrected chi connectivity index (χ2v) is 19.5. The fraction of sp³-hybridized carbons (Fsp3) is 0.324. The molecule has 54 heavy (non-hydrogen) atoms. The van der Waals surface area contributed by atoms with E-state index in [0.717, 1.165) is 20.8 Å². The van der Waals surface area contributed by atoms with Gasteiger partial charge >= 0.3 is 5.97 Å². The van der Waals surface area contributed by atoms with E-state index in [0.29, 0.717) is 21.2 Å². The number of hydrogen-bond acceptors (Lipinski definition) is 11. The predicted molar refractivity (Wildman–Crippen MR) is 206 cm³/mol. The van der Waals surface area contributed by atoms with Crippen LogP contribution in [0, 0.1) is 5.41 Å². The molecule has 15 nitrogen and oxygen atoms in total. The molecule has 1 unspecified atom stereocenters. The molecule has 1 aromatic heterocycles. The van der Waals surface area contributed by atoms with Crippen LogP contribution in [0.2, 0.25) is 0 Å². The van der Waals surface area contributed by atoms with Crippen LogP contribution >= 0.6 is 23.1 Å². The number of amides is 1. The van der Waals surface area contributed by atoms with Gasteiger partial charge in [-0.2, -0.15) is 29.8 Å². The number of thiazole rings is 1. The minimum absolute atomic E-state index is 0.121. The van der Waals surface area contributed by atoms with E-state index in [9.17, 15) is 53.6 Å². The van der Waals surface area contributed by atoms with Gasteiger partial charge in [0.25, 0.3) is 35.4 Å². The Bertz CT molecular complexity index is 2400. The highest BCUT2D eigenvalue weighted by molar-refractivity contribution is 8.03. The summed E-state index contributed by atoms with van der Waals surface area (Å²) >= 11 is 2.80. The molecule has 2 aliphatic rings. The van der Waals surface area contributed by atoms with E-state index in [1.165, 1.54) is 23.1 Å². The minimum atomic E-state index is -4.45. The first-order valence-electron chi connectivity index (χ1n) is 16.5. The van der Waals surface area contributed by atoms with Crippen LogP contribution in [0.4, 0.5) is 5.69 Å². The van der Waals surface area contributed by atoms with Crippen molar-refractivity contribution in [3.63, 3.8) is 0 Å². The van der Waals surface area contributed by atoms with Crippen LogP contribution in [0.5, 0.6) is 0 Å². The van der Waals surface area contributed by atoms with Gasteiger partial charge in [0.05, 0.1) is 28.0 Å². The van der Waals surface area contributed by atoms with E-state index in [1.54, 1.807) is 30.4 Å². The molecule has 2 heterocycles. The fourth-order valence-electron chi connectivity index (χ4n) is 6.17. The maximum Gasteiger partial charge on any atom is 0.319 e. The van der Waals surface area contributed by atoms with E-state index >= 15 is 0 Å². The number of fused-ring (bicyclic) bond motifs is 2. The van der Waals surface area contributed by atoms with Gasteiger partial charge in [-0.1, -0.05) is 65.6 Å². The second kappa shape index (κ2) is 16.9. The van der Waals surface area contributed by atoms with Crippen LogP contribution in [-0.4, -0.2) is 86.2 Å². The molecular formula is C34H38N3O12S5+. The van der Waals surface area contributed by atoms with Crippen molar-refractivity contribution in [1.82, 2.24) is 5.32 Å². The summed E-state index contributed by atoms with van der Waals surface area (Å²) in [6.07, 6.45) is 8.21. The third-order valence-electron chi connectivity index (χ3n) is 8.59. The van der Waals surface area contributed by atoms with Crippen molar-refractivity contribution in [2.75, 3.05) is 35.2 Å². The van der Waals surface area contributed by atoms with Gasteiger partial charge < -0.3 is 15.3 Å². The molecule has 0 spiro atoms. The number of thioether (sulfide) groups is 1. The summed E-state index contributed by atoms with van der Waals surface area (Å²) in [6.45, 7) is -0.0298. The zero-order valence-electron chi connectivity index (χ0n) is 28.6. The van der Waals surface area contributed by atoms with Crippen molar-refractivity contribution < 1.29 is 58.2 Å². The van der Waals surface area contributed by atoms with Gasteiger partial charge in [-0.15, -0.1) is 0 Å². The highest BCUT2D eigenvalue weighted by Gasteiger charge is 2.48. The van der Waals surface area contributed by atoms with Gasteiger partial charge in [0.15, 0.2) is 12.0 Å². The Morgan fingerprint density at radius 2 is 1.52 bits per heavy atom. The second-order valence-electron chi connectivity index (χ2n) is 12.6. The Labute approximate surface area is 321 Å². The number of nitrogens with zero attached hydrogens (tertiary/aromatic N) is 2. The lowest BCUT2D eigenvalue weighted by molar-refractivity contribution is -0.668. The number of carbonyl (C=O) groups is 2. The largest absolute Gasteiger partial charge is 0.480 e. The number of aromatic nitrogens is 1. The third kappa shape index (κ3) is 10.9. The maximum atomic E-state index is 13.6. The first-order chi connectivity index (χ1) is 25.3. The molecule has 0 bridgehead atoms. The quantitative estimate of drug-likeness (QED) is 0.0781. The number of nitrogens with one attached hydrogen (secondary N) is 1. The molecule has 0 radical (unpaired) electrons. The molecule has 1 amide bonds. The summed E-state index contributed by atoms with van der Waals surface area (Å²) in [5, 5.41) is 14.3. The summed E-state index contributed by atoms with van der Waals surface area (Å²) in [5.41, 5.74) is 0.429. The van der Waals surface area contributed by atoms with E-state index in [2.05, 4.69) is 5.32 Å². The number of allylic oxidation sites excluding steroid dienone is 6. The van der Waals surface area contributed by atoms with Crippen molar-refractivity contribution in [3.05, 3.63) is 94.0 Å². The van der Waals surface area contributed by atoms with Crippen molar-refractivity contribution in [1.29, 1.82) is 0 Å². The number of carboxylic acid groups (broad SMARTS) is 1. The van der Waals surface area contributed by atoms with Gasteiger partial charge in [0.1, 0.15) is 4.70 Å². The van der Waals surface area contributed by atoms with Crippen molar-refractivity contribution in [2.24, 2.45) is 5.41 Å². The van der Waals surface area contributed by atoms with Crippen LogP contribution < -0.4 is 14.8 Å². The molecule has 20 heteroatoms. The van der Waals surface area contributed by atoms with Crippen molar-refractivity contribution in [3.8, 4) is 0 Å². The highest BCUT2D eigenvalue weighted by atomic mass is 32.2. The monoisotopic (exact) mass is 840 g/mol. The van der Waals surface area contributed by atoms with Gasteiger partial charge in [0, 0.05) is 36.5 Å². The Kier molecular flexibility index (Phi) is 12.9. The normalized spacial score (nSPS) is 19.5. The topological polar surface area (TPSA) is 237 Å². The first-order valence-corrected chi connectivity index (χ1v) is 22.9. The molecule has 0 saturated carbocycles. The van der Waals surface area contributed by atoms with Crippen LogP contribution in [0.15, 0.2) is 93.9 Å². The van der Waals surface area contributed by atoms with Crippen molar-refractivity contribution >= 4 is 87.3 Å². The van der Waals surface area contributed by atoms with E-state index in [4.69, 9.17) is 0 Å². The van der Waals surface area contributed by atoms with Crippen LogP contribution in [-0.2, 0) is 46.5 Å². The lowest BCUT2D eigenvalue weighted by Crippen LogP contribution is -2.49. The third-order valence-corrected chi connectivity index (χ3v) is 13.2. The number of anilines is 1. The number of para-hydroxylation sites is 2. The maximum absolute atomic E-state index is 13.6.